The Morgan fingerprint density at radius 3 is 2.60 bits per heavy atom. The first-order chi connectivity index (χ1) is 14.2. The van der Waals surface area contributed by atoms with Gasteiger partial charge in [-0.3, -0.25) is 4.79 Å². The van der Waals surface area contributed by atoms with E-state index in [-0.39, 0.29) is 34.8 Å². The van der Waals surface area contributed by atoms with Gasteiger partial charge in [0.2, 0.25) is 0 Å². The molecule has 0 spiro atoms. The molecule has 0 radical (unpaired) electrons. The predicted molar refractivity (Wildman–Crippen MR) is 111 cm³/mol. The van der Waals surface area contributed by atoms with Gasteiger partial charge >= 0.3 is 11.9 Å². The summed E-state index contributed by atoms with van der Waals surface area (Å²) >= 11 is 0. The largest absolute Gasteiger partial charge is 0.463 e. The molecule has 4 saturated carbocycles. The van der Waals surface area contributed by atoms with Crippen LogP contribution in [0.25, 0.3) is 0 Å². The van der Waals surface area contributed by atoms with Crippen LogP contribution < -0.4 is 0 Å². The van der Waals surface area contributed by atoms with Crippen LogP contribution in [0.4, 0.5) is 0 Å². The Morgan fingerprint density at radius 1 is 1.10 bits per heavy atom. The van der Waals surface area contributed by atoms with Gasteiger partial charge in [0, 0.05) is 18.4 Å². The van der Waals surface area contributed by atoms with Gasteiger partial charge in [-0.2, -0.15) is 0 Å². The Kier molecular flexibility index (Phi) is 4.67. The van der Waals surface area contributed by atoms with Crippen LogP contribution in [0.15, 0.2) is 11.6 Å². The molecule has 0 bridgehead atoms. The zero-order valence-corrected chi connectivity index (χ0v) is 18.6. The van der Waals surface area contributed by atoms with Crippen molar-refractivity contribution in [3.63, 3.8) is 0 Å². The van der Waals surface area contributed by atoms with Crippen molar-refractivity contribution in [2.75, 3.05) is 6.61 Å². The molecule has 0 aromatic heterocycles. The second-order valence-electron chi connectivity index (χ2n) is 11.3. The van der Waals surface area contributed by atoms with Gasteiger partial charge in [0.05, 0.1) is 5.60 Å². The third-order valence-electron chi connectivity index (χ3n) is 10.3. The fourth-order valence-corrected chi connectivity index (χ4v) is 8.71. The fourth-order valence-electron chi connectivity index (χ4n) is 8.71. The Bertz CT molecular complexity index is 788. The fraction of sp³-hybridized carbons (Fsp3) is 0.840. The number of rotatable bonds is 2. The average Bonchev–Trinajstić information content (AvgIpc) is 3.22. The third-order valence-corrected chi connectivity index (χ3v) is 10.3. The highest BCUT2D eigenvalue weighted by Gasteiger charge is 2.67. The quantitative estimate of drug-likeness (QED) is 0.684. The molecule has 30 heavy (non-hydrogen) atoms. The van der Waals surface area contributed by atoms with E-state index in [9.17, 15) is 14.7 Å². The number of aliphatic hydroxyl groups is 1. The minimum Gasteiger partial charge on any atom is -0.463 e. The minimum atomic E-state index is -0.659. The van der Waals surface area contributed by atoms with Crippen molar-refractivity contribution in [3.8, 4) is 0 Å². The summed E-state index contributed by atoms with van der Waals surface area (Å²) in [5, 5.41) is 12.2. The first-order valence-electron chi connectivity index (χ1n) is 11.9. The first-order valence-corrected chi connectivity index (χ1v) is 11.9. The number of carbonyl (C=O) groups excluding carboxylic acids is 2. The number of fused-ring (bicyclic) bond motifs is 5. The zero-order valence-electron chi connectivity index (χ0n) is 18.6. The molecule has 5 aliphatic rings. The molecule has 0 amide bonds. The molecule has 166 valence electrons. The highest BCUT2D eigenvalue weighted by atomic mass is 16.5. The van der Waals surface area contributed by atoms with E-state index >= 15 is 0 Å². The van der Waals surface area contributed by atoms with Crippen LogP contribution in [0.1, 0.15) is 78.6 Å². The van der Waals surface area contributed by atoms with Crippen LogP contribution in [-0.2, 0) is 19.1 Å². The summed E-state index contributed by atoms with van der Waals surface area (Å²) < 4.78 is 10.8. The van der Waals surface area contributed by atoms with Crippen molar-refractivity contribution in [2.24, 2.45) is 34.5 Å². The highest BCUT2D eigenvalue weighted by molar-refractivity contribution is 5.85. The summed E-state index contributed by atoms with van der Waals surface area (Å²) in [7, 11) is 0. The standard InChI is InChI=1S/C25H36O5/c1-15(26)30-18-6-9-23(2)17(13-18)4-5-21-20(23)7-10-24(3)19(8-11-25(21,24)28)16-12-22(27)29-14-16/h12,17-21,28H,4-11,13-14H2,1-3H3/t17-,18-,19+,20+,21-,23+,24-,25+/m1/s1. The molecule has 0 unspecified atom stereocenters. The number of hydrogen-bond acceptors (Lipinski definition) is 5. The lowest BCUT2D eigenvalue weighted by Gasteiger charge is -2.63. The summed E-state index contributed by atoms with van der Waals surface area (Å²) in [5.74, 6) is 1.29. The first kappa shape index (κ1) is 20.5. The van der Waals surface area contributed by atoms with Gasteiger partial charge in [-0.25, -0.2) is 4.79 Å². The molecule has 0 aromatic carbocycles. The Morgan fingerprint density at radius 2 is 1.90 bits per heavy atom. The predicted octanol–water partition coefficient (Wildman–Crippen LogP) is 4.18. The normalized spacial score (nSPS) is 50.1. The molecular weight excluding hydrogens is 380 g/mol. The van der Waals surface area contributed by atoms with Crippen molar-refractivity contribution in [2.45, 2.75) is 90.3 Å². The van der Waals surface area contributed by atoms with Crippen molar-refractivity contribution >= 4 is 11.9 Å². The number of ether oxygens (including phenoxy) is 2. The number of hydrogen-bond donors (Lipinski definition) is 1. The van der Waals surface area contributed by atoms with Crippen LogP contribution >= 0.6 is 0 Å². The van der Waals surface area contributed by atoms with Gasteiger partial charge in [-0.1, -0.05) is 13.8 Å². The molecule has 1 heterocycles. The second kappa shape index (κ2) is 6.82. The molecule has 5 heteroatoms. The average molecular weight is 417 g/mol. The Balaban J connectivity index is 1.40. The van der Waals surface area contributed by atoms with E-state index < -0.39 is 5.60 Å². The summed E-state index contributed by atoms with van der Waals surface area (Å²) in [5.41, 5.74) is 0.485. The van der Waals surface area contributed by atoms with Crippen molar-refractivity contribution in [1.29, 1.82) is 0 Å². The maximum absolute atomic E-state index is 12.2. The van der Waals surface area contributed by atoms with Gasteiger partial charge in [0.1, 0.15) is 12.7 Å². The smallest absolute Gasteiger partial charge is 0.331 e. The van der Waals surface area contributed by atoms with E-state index in [0.29, 0.717) is 24.4 Å². The van der Waals surface area contributed by atoms with Crippen LogP contribution in [0.3, 0.4) is 0 Å². The summed E-state index contributed by atoms with van der Waals surface area (Å²) in [4.78, 5) is 23.1. The Labute approximate surface area is 179 Å². The van der Waals surface area contributed by atoms with Gasteiger partial charge in [0.15, 0.2) is 0 Å². The van der Waals surface area contributed by atoms with E-state index in [2.05, 4.69) is 13.8 Å². The lowest BCUT2D eigenvalue weighted by atomic mass is 9.43. The monoisotopic (exact) mass is 416 g/mol. The van der Waals surface area contributed by atoms with E-state index in [0.717, 1.165) is 63.4 Å². The molecule has 4 fully saturated rings. The number of esters is 2. The van der Waals surface area contributed by atoms with Crippen LogP contribution in [0.2, 0.25) is 0 Å². The molecule has 5 rings (SSSR count). The van der Waals surface area contributed by atoms with Crippen molar-refractivity contribution in [1.82, 2.24) is 0 Å². The molecule has 1 aliphatic heterocycles. The van der Waals surface area contributed by atoms with Gasteiger partial charge in [-0.05, 0) is 92.4 Å². The molecule has 1 N–H and O–H groups in total. The number of cyclic esters (lactones) is 1. The van der Waals surface area contributed by atoms with Gasteiger partial charge in [-0.15, -0.1) is 0 Å². The molecule has 4 aliphatic carbocycles. The van der Waals surface area contributed by atoms with Crippen LogP contribution in [0, 0.1) is 34.5 Å². The maximum Gasteiger partial charge on any atom is 0.331 e. The zero-order chi connectivity index (χ0) is 21.3. The van der Waals surface area contributed by atoms with Crippen molar-refractivity contribution in [3.05, 3.63) is 11.6 Å². The minimum absolute atomic E-state index is 0.0665. The molecule has 0 aromatic rings. The van der Waals surface area contributed by atoms with Gasteiger partial charge < -0.3 is 14.6 Å². The number of carbonyl (C=O) groups is 2. The topological polar surface area (TPSA) is 72.8 Å². The molecule has 8 atom stereocenters. The highest BCUT2D eigenvalue weighted by Crippen LogP contribution is 2.69. The lowest BCUT2D eigenvalue weighted by Crippen LogP contribution is -2.62. The van der Waals surface area contributed by atoms with Crippen LogP contribution in [-0.4, -0.2) is 35.4 Å². The van der Waals surface area contributed by atoms with Crippen LogP contribution in [0.5, 0.6) is 0 Å². The summed E-state index contributed by atoms with van der Waals surface area (Å²) in [6, 6.07) is 0. The maximum atomic E-state index is 12.2. The van der Waals surface area contributed by atoms with E-state index in [1.807, 2.05) is 0 Å². The second-order valence-corrected chi connectivity index (χ2v) is 11.3. The third kappa shape index (κ3) is 2.76. The molecular formula is C25H36O5. The lowest BCUT2D eigenvalue weighted by molar-refractivity contribution is -0.209. The van der Waals surface area contributed by atoms with Gasteiger partial charge in [0.25, 0.3) is 0 Å². The summed E-state index contributed by atoms with van der Waals surface area (Å²) in [6.45, 7) is 6.64. The van der Waals surface area contributed by atoms with E-state index in [1.54, 1.807) is 6.08 Å². The molecule has 5 nitrogen and oxygen atoms in total. The summed E-state index contributed by atoms with van der Waals surface area (Å²) in [6.07, 6.45) is 10.9. The van der Waals surface area contributed by atoms with E-state index in [4.69, 9.17) is 9.47 Å². The SMILES string of the molecule is CC(=O)O[C@@H]1CC[C@@]2(C)[C@H](CC[C@@H]3[C@@H]2CC[C@]2(C)[C@H](C4=CC(=O)OC4)CC[C@]32O)C1. The van der Waals surface area contributed by atoms with E-state index in [1.165, 1.54) is 6.92 Å². The Hall–Kier alpha value is -1.36. The van der Waals surface area contributed by atoms with Crippen molar-refractivity contribution < 1.29 is 24.2 Å². The molecule has 0 saturated heterocycles.